The number of hydrogen-bond donors (Lipinski definition) is 0. The minimum Gasteiger partial charge on any atom is -0.340 e. The van der Waals surface area contributed by atoms with E-state index >= 15 is 4.57 Å². The molecule has 0 unspecified atom stereocenters. The van der Waals surface area contributed by atoms with Crippen LogP contribution in [-0.4, -0.2) is 18.0 Å². The highest BCUT2D eigenvalue weighted by Gasteiger charge is 2.73. The molecule has 2 fully saturated rings. The van der Waals surface area contributed by atoms with Gasteiger partial charge < -0.3 is 9.47 Å². The smallest absolute Gasteiger partial charge is 0.340 e. The Kier molecular flexibility index (Phi) is 12.6. The largest absolute Gasteiger partial charge is 0.700 e. The molecule has 2 heterocycles. The molecule has 56 heavy (non-hydrogen) atoms. The standard InChI is InChI=1S/C50H66O5P/c1-13-33-21-34(14-2)26-41(25-33)49(42-27-35(15-3)22-36(16-4)28-42)45-46(53-48(12,52-45)47(9,10)11)50(55-56(51)54-49,43-29-37(17-5)23-38(18-6)30-43)44-31-39(19-7)24-40(20-8)32-44/h21-32,45-46H,13-20H2,1-12H3/q+1/t45-,46-/m1/s1. The van der Waals surface area contributed by atoms with Crippen LogP contribution < -0.4 is 0 Å². The van der Waals surface area contributed by atoms with E-state index in [4.69, 9.17) is 18.5 Å². The lowest BCUT2D eigenvalue weighted by Gasteiger charge is -2.39. The number of rotatable bonds is 12. The van der Waals surface area contributed by atoms with Gasteiger partial charge in [-0.2, -0.15) is 0 Å². The van der Waals surface area contributed by atoms with Crippen LogP contribution in [0.5, 0.6) is 0 Å². The van der Waals surface area contributed by atoms with Crippen molar-refractivity contribution in [1.82, 2.24) is 0 Å². The maximum absolute atomic E-state index is 15.4. The maximum Gasteiger partial charge on any atom is 0.700 e. The van der Waals surface area contributed by atoms with Crippen molar-refractivity contribution in [3.8, 4) is 0 Å². The average molecular weight is 778 g/mol. The van der Waals surface area contributed by atoms with Crippen LogP contribution in [0.25, 0.3) is 0 Å². The first-order valence-corrected chi connectivity index (χ1v) is 22.5. The molecular formula is C50H66O5P+. The van der Waals surface area contributed by atoms with Gasteiger partial charge >= 0.3 is 8.25 Å². The van der Waals surface area contributed by atoms with Gasteiger partial charge in [0.05, 0.1) is 0 Å². The van der Waals surface area contributed by atoms with E-state index in [2.05, 4.69) is 156 Å². The first-order chi connectivity index (χ1) is 26.7. The van der Waals surface area contributed by atoms with Crippen molar-refractivity contribution < 1.29 is 23.1 Å². The normalized spacial score (nSPS) is 20.2. The summed E-state index contributed by atoms with van der Waals surface area (Å²) in [7, 11) is -2.79. The SMILES string of the molecule is CCc1cc(CC)cc(C2(c3cc(CC)cc(CC)c3)O[P+](=O)OC(c3cc(CC)cc(CC)c3)(c3cc(CC)cc(CC)c3)[C@@H]3OC(C)(C(C)(C)C)O[C@H]32)c1. The molecule has 0 bridgehead atoms. The van der Waals surface area contributed by atoms with Crippen LogP contribution in [0, 0.1) is 5.41 Å². The molecule has 2 saturated heterocycles. The van der Waals surface area contributed by atoms with Gasteiger partial charge in [-0.3, -0.25) is 0 Å². The van der Waals surface area contributed by atoms with Gasteiger partial charge in [0.2, 0.25) is 11.2 Å². The third-order valence-corrected chi connectivity index (χ3v) is 13.6. The van der Waals surface area contributed by atoms with E-state index in [0.29, 0.717) is 0 Å². The Balaban J connectivity index is 1.84. The Morgan fingerprint density at radius 2 is 0.661 bits per heavy atom. The molecule has 2 aliphatic rings. The first kappa shape index (κ1) is 42.4. The van der Waals surface area contributed by atoms with Crippen LogP contribution in [0.2, 0.25) is 0 Å². The summed E-state index contributed by atoms with van der Waals surface area (Å²) in [5, 5.41) is 0. The summed E-state index contributed by atoms with van der Waals surface area (Å²) in [6.45, 7) is 26.1. The van der Waals surface area contributed by atoms with E-state index in [1.807, 2.05) is 0 Å². The molecule has 0 spiro atoms. The molecule has 2 aliphatic heterocycles. The molecule has 4 aromatic rings. The van der Waals surface area contributed by atoms with Gasteiger partial charge in [-0.15, -0.1) is 0 Å². The predicted molar refractivity (Wildman–Crippen MR) is 230 cm³/mol. The Hall–Kier alpha value is -3.18. The number of ether oxygens (including phenoxy) is 2. The molecule has 2 atom stereocenters. The van der Waals surface area contributed by atoms with Crippen molar-refractivity contribution in [2.75, 3.05) is 0 Å². The Morgan fingerprint density at radius 1 is 0.446 bits per heavy atom. The van der Waals surface area contributed by atoms with E-state index < -0.39 is 42.9 Å². The highest BCUT2D eigenvalue weighted by atomic mass is 31.1. The summed E-state index contributed by atoms with van der Waals surface area (Å²) in [6.07, 6.45) is 5.19. The van der Waals surface area contributed by atoms with Crippen LogP contribution in [0.1, 0.15) is 150 Å². The van der Waals surface area contributed by atoms with Gasteiger partial charge in [-0.05, 0) is 125 Å². The highest BCUT2D eigenvalue weighted by molar-refractivity contribution is 7.33. The predicted octanol–water partition coefficient (Wildman–Crippen LogP) is 12.6. The van der Waals surface area contributed by atoms with E-state index in [0.717, 1.165) is 73.6 Å². The summed E-state index contributed by atoms with van der Waals surface area (Å²) >= 11 is 0. The van der Waals surface area contributed by atoms with Gasteiger partial charge in [0.15, 0.2) is 5.79 Å². The van der Waals surface area contributed by atoms with Crippen LogP contribution in [0.3, 0.4) is 0 Å². The lowest BCUT2D eigenvalue weighted by atomic mass is 9.70. The Morgan fingerprint density at radius 3 is 0.839 bits per heavy atom. The zero-order valence-electron chi connectivity index (χ0n) is 36.2. The average Bonchev–Trinajstić information content (AvgIpc) is 3.55. The van der Waals surface area contributed by atoms with Crippen molar-refractivity contribution in [1.29, 1.82) is 0 Å². The van der Waals surface area contributed by atoms with Gasteiger partial charge in [0, 0.05) is 9.98 Å². The minimum absolute atomic E-state index is 0.460. The molecule has 5 nitrogen and oxygen atoms in total. The molecule has 0 N–H and O–H groups in total. The number of hydrogen-bond acceptors (Lipinski definition) is 5. The highest BCUT2D eigenvalue weighted by Crippen LogP contribution is 2.63. The zero-order chi connectivity index (χ0) is 40.6. The first-order valence-electron chi connectivity index (χ1n) is 21.4. The molecule has 6 rings (SSSR count). The molecule has 0 amide bonds. The van der Waals surface area contributed by atoms with Crippen LogP contribution >= 0.6 is 8.25 Å². The Labute approximate surface area is 338 Å². The van der Waals surface area contributed by atoms with Crippen molar-refractivity contribution in [3.63, 3.8) is 0 Å². The summed E-state index contributed by atoms with van der Waals surface area (Å²) in [6, 6.07) is 27.1. The topological polar surface area (TPSA) is 54.0 Å². The number of fused-ring (bicyclic) bond motifs is 1. The van der Waals surface area contributed by atoms with Crippen LogP contribution in [0.4, 0.5) is 0 Å². The molecule has 6 heteroatoms. The summed E-state index contributed by atoms with van der Waals surface area (Å²) in [5.41, 5.74) is 10.0. The number of aryl methyl sites for hydroxylation is 8. The second kappa shape index (κ2) is 16.6. The van der Waals surface area contributed by atoms with Crippen molar-refractivity contribution in [3.05, 3.63) is 140 Å². The second-order valence-electron chi connectivity index (χ2n) is 17.1. The van der Waals surface area contributed by atoms with Crippen LogP contribution in [-0.2, 0) is 85.7 Å². The maximum atomic E-state index is 15.4. The van der Waals surface area contributed by atoms with Crippen molar-refractivity contribution in [2.24, 2.45) is 5.41 Å². The minimum atomic E-state index is -2.79. The monoisotopic (exact) mass is 777 g/mol. The third kappa shape index (κ3) is 7.48. The molecular weight excluding hydrogens is 712 g/mol. The summed E-state index contributed by atoms with van der Waals surface area (Å²) in [5.74, 6) is -1.08. The fourth-order valence-corrected chi connectivity index (χ4v) is 9.82. The van der Waals surface area contributed by atoms with E-state index in [1.54, 1.807) is 0 Å². The van der Waals surface area contributed by atoms with Crippen molar-refractivity contribution >= 4 is 8.25 Å². The molecule has 0 radical (unpaired) electrons. The fraction of sp³-hybridized carbons (Fsp3) is 0.520. The quantitative estimate of drug-likeness (QED) is 0.134. The summed E-state index contributed by atoms with van der Waals surface area (Å²) < 4.78 is 45.3. The van der Waals surface area contributed by atoms with Gasteiger partial charge in [-0.25, -0.2) is 0 Å². The van der Waals surface area contributed by atoms with E-state index in [-0.39, 0.29) is 0 Å². The Bertz CT molecular complexity index is 1720. The second-order valence-corrected chi connectivity index (χ2v) is 17.9. The molecule has 0 saturated carbocycles. The lowest BCUT2D eigenvalue weighted by molar-refractivity contribution is -0.241. The molecule has 300 valence electrons. The van der Waals surface area contributed by atoms with E-state index in [1.165, 1.54) is 44.5 Å². The molecule has 0 aliphatic carbocycles. The zero-order valence-corrected chi connectivity index (χ0v) is 37.1. The lowest BCUT2D eigenvalue weighted by Crippen LogP contribution is -2.54. The van der Waals surface area contributed by atoms with E-state index in [9.17, 15) is 0 Å². The molecule has 0 aromatic heterocycles. The van der Waals surface area contributed by atoms with Crippen LogP contribution in [0.15, 0.2) is 72.8 Å². The van der Waals surface area contributed by atoms with Gasteiger partial charge in [0.1, 0.15) is 12.2 Å². The van der Waals surface area contributed by atoms with Crippen molar-refractivity contribution in [2.45, 2.75) is 164 Å². The number of benzene rings is 4. The summed E-state index contributed by atoms with van der Waals surface area (Å²) in [4.78, 5) is 0. The third-order valence-electron chi connectivity index (χ3n) is 12.8. The van der Waals surface area contributed by atoms with Gasteiger partial charge in [0.25, 0.3) is 0 Å². The fourth-order valence-electron chi connectivity index (χ4n) is 8.68. The van der Waals surface area contributed by atoms with Gasteiger partial charge in [-0.1, -0.05) is 158 Å². The molecule has 4 aromatic carbocycles.